The zero-order valence-electron chi connectivity index (χ0n) is 17.5. The molecule has 3 rings (SSSR count). The van der Waals surface area contributed by atoms with Crippen LogP contribution in [0.1, 0.15) is 52.7 Å². The molecule has 1 aromatic heterocycles. The van der Waals surface area contributed by atoms with Gasteiger partial charge in [-0.2, -0.15) is 36.7 Å². The normalized spacial score (nSPS) is 19.1. The van der Waals surface area contributed by atoms with E-state index in [4.69, 9.17) is 5.26 Å². The number of nitriles is 1. The van der Waals surface area contributed by atoms with Gasteiger partial charge in [-0.05, 0) is 50.3 Å². The first-order chi connectivity index (χ1) is 15.4. The summed E-state index contributed by atoms with van der Waals surface area (Å²) in [7, 11) is 0. The third kappa shape index (κ3) is 6.40. The molecule has 1 saturated carbocycles. The maximum absolute atomic E-state index is 13.3. The minimum atomic E-state index is -4.65. The molecule has 0 bridgehead atoms. The Morgan fingerprint density at radius 3 is 2.36 bits per heavy atom. The molecule has 0 saturated heterocycles. The lowest BCUT2D eigenvalue weighted by atomic mass is 9.90. The molecule has 0 spiro atoms. The Balaban J connectivity index is 1.56. The predicted molar refractivity (Wildman–Crippen MR) is 106 cm³/mol. The van der Waals surface area contributed by atoms with Gasteiger partial charge in [0.2, 0.25) is 0 Å². The molecule has 6 nitrogen and oxygen atoms in total. The maximum Gasteiger partial charge on any atom is 0.417 e. The number of carbonyl (C=O) groups excluding carboxylic acids is 1. The molecule has 2 N–H and O–H groups in total. The summed E-state index contributed by atoms with van der Waals surface area (Å²) in [6, 6.07) is 3.69. The van der Waals surface area contributed by atoms with Crippen LogP contribution < -0.4 is 10.6 Å². The summed E-state index contributed by atoms with van der Waals surface area (Å²) >= 11 is 0. The number of hydrogen-bond donors (Lipinski definition) is 2. The molecule has 12 heteroatoms. The topological polar surface area (TPSA) is 82.7 Å². The van der Waals surface area contributed by atoms with E-state index in [9.17, 15) is 31.1 Å². The van der Waals surface area contributed by atoms with Crippen molar-refractivity contribution in [3.05, 3.63) is 46.8 Å². The summed E-state index contributed by atoms with van der Waals surface area (Å²) in [5.74, 6) is -0.530. The number of benzene rings is 1. The maximum atomic E-state index is 13.3. The van der Waals surface area contributed by atoms with Crippen LogP contribution in [0.4, 0.5) is 32.0 Å². The van der Waals surface area contributed by atoms with Gasteiger partial charge in [0.05, 0.1) is 22.9 Å². The zero-order chi connectivity index (χ0) is 24.4. The number of nitrogens with one attached hydrogen (secondary N) is 2. The number of carbonyl (C=O) groups is 1. The number of alkyl halides is 6. The quantitative estimate of drug-likeness (QED) is 0.612. The monoisotopic (exact) mass is 473 g/mol. The molecule has 178 valence electrons. The van der Waals surface area contributed by atoms with E-state index in [-0.39, 0.29) is 28.9 Å². The third-order valence-electron chi connectivity index (χ3n) is 5.42. The number of rotatable bonds is 5. The Morgan fingerprint density at radius 2 is 1.79 bits per heavy atom. The lowest BCUT2D eigenvalue weighted by molar-refractivity contribution is -0.142. The number of hydrogen-bond acceptors (Lipinski definition) is 4. The Kier molecular flexibility index (Phi) is 6.90. The minimum Gasteiger partial charge on any atom is -0.382 e. The van der Waals surface area contributed by atoms with Crippen molar-refractivity contribution in [2.24, 2.45) is 0 Å². The van der Waals surface area contributed by atoms with E-state index in [0.29, 0.717) is 30.4 Å². The molecule has 0 unspecified atom stereocenters. The zero-order valence-corrected chi connectivity index (χ0v) is 17.5. The van der Waals surface area contributed by atoms with E-state index in [0.717, 1.165) is 18.5 Å². The fourth-order valence-electron chi connectivity index (χ4n) is 3.88. The van der Waals surface area contributed by atoms with Crippen LogP contribution in [0, 0.1) is 18.3 Å². The van der Waals surface area contributed by atoms with Crippen molar-refractivity contribution in [1.82, 2.24) is 15.1 Å². The highest BCUT2D eigenvalue weighted by atomic mass is 19.4. The second-order valence-corrected chi connectivity index (χ2v) is 8.03. The van der Waals surface area contributed by atoms with E-state index >= 15 is 0 Å². The van der Waals surface area contributed by atoms with Crippen LogP contribution in [0.2, 0.25) is 0 Å². The van der Waals surface area contributed by atoms with Crippen molar-refractivity contribution in [3.8, 4) is 6.07 Å². The first-order valence-corrected chi connectivity index (χ1v) is 10.1. The number of nitrogens with zero attached hydrogens (tertiary/aromatic N) is 3. The Bertz CT molecular complexity index is 1040. The first kappa shape index (κ1) is 24.4. The second kappa shape index (κ2) is 9.33. The van der Waals surface area contributed by atoms with Crippen LogP contribution in [-0.2, 0) is 12.7 Å². The molecular formula is C21H21F6N5O. The highest BCUT2D eigenvalue weighted by Gasteiger charge is 2.35. The fraction of sp³-hybridized carbons (Fsp3) is 0.476. The predicted octanol–water partition coefficient (Wildman–Crippen LogP) is 4.80. The molecular weight excluding hydrogens is 452 g/mol. The van der Waals surface area contributed by atoms with E-state index in [1.807, 2.05) is 0 Å². The second-order valence-electron chi connectivity index (χ2n) is 8.03. The lowest BCUT2D eigenvalue weighted by Crippen LogP contribution is -2.40. The molecule has 1 aromatic carbocycles. The highest BCUT2D eigenvalue weighted by molar-refractivity contribution is 5.93. The van der Waals surface area contributed by atoms with Gasteiger partial charge in [-0.25, -0.2) is 0 Å². The van der Waals surface area contributed by atoms with Crippen molar-refractivity contribution in [2.45, 2.75) is 63.6 Å². The molecule has 0 aliphatic heterocycles. The van der Waals surface area contributed by atoms with Crippen LogP contribution in [0.3, 0.4) is 0 Å². The highest BCUT2D eigenvalue weighted by Crippen LogP contribution is 2.36. The van der Waals surface area contributed by atoms with E-state index < -0.39 is 35.9 Å². The number of aryl methyl sites for hydroxylation is 1. The van der Waals surface area contributed by atoms with Crippen LogP contribution >= 0.6 is 0 Å². The molecule has 1 heterocycles. The van der Waals surface area contributed by atoms with Gasteiger partial charge < -0.3 is 10.6 Å². The molecule has 1 fully saturated rings. The Hall–Kier alpha value is -3.23. The van der Waals surface area contributed by atoms with Crippen LogP contribution in [0.15, 0.2) is 24.5 Å². The average molecular weight is 473 g/mol. The van der Waals surface area contributed by atoms with Crippen molar-refractivity contribution in [1.29, 1.82) is 5.26 Å². The average Bonchev–Trinajstić information content (AvgIpc) is 3.15. The Labute approximate surface area is 185 Å². The van der Waals surface area contributed by atoms with E-state index in [1.165, 1.54) is 13.0 Å². The van der Waals surface area contributed by atoms with Crippen molar-refractivity contribution >= 4 is 11.6 Å². The molecule has 33 heavy (non-hydrogen) atoms. The van der Waals surface area contributed by atoms with Gasteiger partial charge in [-0.3, -0.25) is 9.48 Å². The van der Waals surface area contributed by atoms with Crippen molar-refractivity contribution < 1.29 is 31.1 Å². The van der Waals surface area contributed by atoms with Gasteiger partial charge in [0.25, 0.3) is 5.91 Å². The summed E-state index contributed by atoms with van der Waals surface area (Å²) in [6.45, 7) is 0.157. The van der Waals surface area contributed by atoms with Gasteiger partial charge >= 0.3 is 12.4 Å². The summed E-state index contributed by atoms with van der Waals surface area (Å²) < 4.78 is 77.8. The number of anilines is 1. The summed E-state index contributed by atoms with van der Waals surface area (Å²) in [5, 5.41) is 18.4. The van der Waals surface area contributed by atoms with E-state index in [2.05, 4.69) is 15.7 Å². The number of amides is 1. The first-order valence-electron chi connectivity index (χ1n) is 10.1. The van der Waals surface area contributed by atoms with Gasteiger partial charge in [0.15, 0.2) is 0 Å². The summed E-state index contributed by atoms with van der Waals surface area (Å²) in [5.41, 5.74) is -0.880. The smallest absolute Gasteiger partial charge is 0.382 e. The van der Waals surface area contributed by atoms with Gasteiger partial charge in [-0.1, -0.05) is 0 Å². The standard InChI is InChI=1S/C21H21F6N5O/c1-12-6-16(7-18(17(12)8-28)21(25,26)27)30-14-2-4-15(5-3-14)31-19(33)13-9-29-32(10-13)11-20(22,23)24/h6-7,9-10,14-15,30H,2-5,11H2,1H3,(H,31,33)/t14-,15+. The lowest BCUT2D eigenvalue weighted by Gasteiger charge is -2.30. The fourth-order valence-corrected chi connectivity index (χ4v) is 3.88. The van der Waals surface area contributed by atoms with Gasteiger partial charge in [0, 0.05) is 24.0 Å². The third-order valence-corrected chi connectivity index (χ3v) is 5.42. The van der Waals surface area contributed by atoms with Crippen molar-refractivity contribution in [3.63, 3.8) is 0 Å². The minimum absolute atomic E-state index is 0.0206. The number of aromatic nitrogens is 2. The van der Waals surface area contributed by atoms with Crippen LogP contribution in [0.5, 0.6) is 0 Å². The molecule has 2 aromatic rings. The molecule has 1 aliphatic carbocycles. The molecule has 0 radical (unpaired) electrons. The Morgan fingerprint density at radius 1 is 1.15 bits per heavy atom. The van der Waals surface area contributed by atoms with Crippen LogP contribution in [0.25, 0.3) is 0 Å². The van der Waals surface area contributed by atoms with E-state index in [1.54, 1.807) is 6.07 Å². The summed E-state index contributed by atoms with van der Waals surface area (Å²) in [6.07, 6.45) is -4.77. The van der Waals surface area contributed by atoms with Gasteiger partial charge in [0.1, 0.15) is 12.6 Å². The van der Waals surface area contributed by atoms with Crippen LogP contribution in [-0.4, -0.2) is 33.9 Å². The SMILES string of the molecule is Cc1cc(N[C@H]2CC[C@@H](NC(=O)c3cnn(CC(F)(F)F)c3)CC2)cc(C(F)(F)F)c1C#N. The molecule has 1 aliphatic rings. The number of halogens is 6. The molecule has 0 atom stereocenters. The molecule has 1 amide bonds. The van der Waals surface area contributed by atoms with Crippen molar-refractivity contribution in [2.75, 3.05) is 5.32 Å². The van der Waals surface area contributed by atoms with Gasteiger partial charge in [-0.15, -0.1) is 0 Å². The largest absolute Gasteiger partial charge is 0.417 e. The summed E-state index contributed by atoms with van der Waals surface area (Å²) in [4.78, 5) is 12.3.